The van der Waals surface area contributed by atoms with Gasteiger partial charge in [-0.05, 0) is 36.4 Å². The summed E-state index contributed by atoms with van der Waals surface area (Å²) < 4.78 is 15.5. The standard InChI is InChI=1S/C24H19N3O8/c1-15(28)34-20-12-11-17(13-21(20)33-2)24(30)35-22-18(9-6-10-19(22)27(31)32)14-25-26-23(29)16-7-4-3-5-8-16/h3-14H,1-2H3,(H,26,29)/b25-14+. The monoisotopic (exact) mass is 477 g/mol. The molecule has 11 nitrogen and oxygen atoms in total. The highest BCUT2D eigenvalue weighted by molar-refractivity contribution is 5.97. The number of carbonyl (C=O) groups excluding carboxylic acids is 3. The first-order valence-corrected chi connectivity index (χ1v) is 10.0. The Kier molecular flexibility index (Phi) is 7.86. The summed E-state index contributed by atoms with van der Waals surface area (Å²) in [5.74, 6) is -2.21. The van der Waals surface area contributed by atoms with Crippen LogP contribution in [0, 0.1) is 10.1 Å². The Morgan fingerprint density at radius 3 is 2.34 bits per heavy atom. The fraction of sp³-hybridized carbons (Fsp3) is 0.0833. The van der Waals surface area contributed by atoms with Gasteiger partial charge in [-0.25, -0.2) is 10.2 Å². The number of nitrogens with zero attached hydrogens (tertiary/aromatic N) is 2. The van der Waals surface area contributed by atoms with Gasteiger partial charge in [0.1, 0.15) is 0 Å². The van der Waals surface area contributed by atoms with Gasteiger partial charge in [0.15, 0.2) is 11.5 Å². The normalized spacial score (nSPS) is 10.5. The second-order valence-electron chi connectivity index (χ2n) is 6.87. The number of hydrogen-bond donors (Lipinski definition) is 1. The van der Waals surface area contributed by atoms with E-state index in [1.807, 2.05) is 0 Å². The third kappa shape index (κ3) is 6.26. The van der Waals surface area contributed by atoms with Crippen LogP contribution in [0.3, 0.4) is 0 Å². The quantitative estimate of drug-likeness (QED) is 0.170. The molecule has 3 rings (SSSR count). The van der Waals surface area contributed by atoms with Crippen molar-refractivity contribution in [2.75, 3.05) is 7.11 Å². The number of rotatable bonds is 8. The lowest BCUT2D eigenvalue weighted by molar-refractivity contribution is -0.385. The first kappa shape index (κ1) is 24.6. The first-order chi connectivity index (χ1) is 16.8. The van der Waals surface area contributed by atoms with Gasteiger partial charge in [0.25, 0.3) is 5.91 Å². The topological polar surface area (TPSA) is 146 Å². The number of nitro benzene ring substituents is 1. The molecular weight excluding hydrogens is 458 g/mol. The lowest BCUT2D eigenvalue weighted by Gasteiger charge is -2.11. The smallest absolute Gasteiger partial charge is 0.343 e. The second-order valence-corrected chi connectivity index (χ2v) is 6.87. The van der Waals surface area contributed by atoms with Crippen molar-refractivity contribution in [2.45, 2.75) is 6.92 Å². The fourth-order valence-corrected chi connectivity index (χ4v) is 2.90. The van der Waals surface area contributed by atoms with Crippen LogP contribution >= 0.6 is 0 Å². The number of benzene rings is 3. The maximum Gasteiger partial charge on any atom is 0.343 e. The predicted molar refractivity (Wildman–Crippen MR) is 124 cm³/mol. The van der Waals surface area contributed by atoms with Gasteiger partial charge in [-0.3, -0.25) is 19.7 Å². The number of nitro groups is 1. The summed E-state index contributed by atoms with van der Waals surface area (Å²) in [6.45, 7) is 1.21. The van der Waals surface area contributed by atoms with Gasteiger partial charge >= 0.3 is 17.6 Å². The molecule has 0 saturated carbocycles. The number of para-hydroxylation sites is 1. The van der Waals surface area contributed by atoms with Crippen molar-refractivity contribution in [2.24, 2.45) is 5.10 Å². The Morgan fingerprint density at radius 1 is 0.943 bits per heavy atom. The van der Waals surface area contributed by atoms with E-state index in [2.05, 4.69) is 10.5 Å². The summed E-state index contributed by atoms with van der Waals surface area (Å²) >= 11 is 0. The first-order valence-electron chi connectivity index (χ1n) is 10.0. The molecule has 0 aliphatic heterocycles. The van der Waals surface area contributed by atoms with Gasteiger partial charge in [0.2, 0.25) is 5.75 Å². The summed E-state index contributed by atoms with van der Waals surface area (Å²) in [7, 11) is 1.32. The Bertz CT molecular complexity index is 1310. The summed E-state index contributed by atoms with van der Waals surface area (Å²) in [6.07, 6.45) is 1.13. The number of hydrogen-bond acceptors (Lipinski definition) is 9. The maximum atomic E-state index is 12.8. The molecule has 0 fully saturated rings. The minimum atomic E-state index is -0.935. The molecule has 0 atom stereocenters. The number of methoxy groups -OCH3 is 1. The van der Waals surface area contributed by atoms with E-state index in [4.69, 9.17) is 14.2 Å². The van der Waals surface area contributed by atoms with Crippen molar-refractivity contribution >= 4 is 29.7 Å². The van der Waals surface area contributed by atoms with Crippen molar-refractivity contribution in [3.05, 3.63) is 93.5 Å². The van der Waals surface area contributed by atoms with Crippen LogP contribution in [0.15, 0.2) is 71.8 Å². The summed E-state index contributed by atoms with van der Waals surface area (Å²) in [5.41, 5.74) is 2.24. The summed E-state index contributed by atoms with van der Waals surface area (Å²) in [4.78, 5) is 47.0. The average molecular weight is 477 g/mol. The van der Waals surface area contributed by atoms with Crippen LogP contribution < -0.4 is 19.6 Å². The van der Waals surface area contributed by atoms with Gasteiger partial charge in [-0.2, -0.15) is 5.10 Å². The highest BCUT2D eigenvalue weighted by Gasteiger charge is 2.23. The SMILES string of the molecule is COc1cc(C(=O)Oc2c(/C=N/NC(=O)c3ccccc3)cccc2[N+](=O)[O-])ccc1OC(C)=O. The van der Waals surface area contributed by atoms with Gasteiger partial charge in [0.05, 0.1) is 23.8 Å². The third-order valence-electron chi connectivity index (χ3n) is 4.47. The Balaban J connectivity index is 1.87. The van der Waals surface area contributed by atoms with Crippen molar-refractivity contribution in [3.8, 4) is 17.2 Å². The van der Waals surface area contributed by atoms with E-state index < -0.39 is 28.5 Å². The second kappa shape index (κ2) is 11.2. The van der Waals surface area contributed by atoms with Crippen LogP contribution in [-0.4, -0.2) is 36.1 Å². The molecule has 0 unspecified atom stereocenters. The van der Waals surface area contributed by atoms with E-state index in [1.165, 1.54) is 44.4 Å². The van der Waals surface area contributed by atoms with Gasteiger partial charge in [0, 0.05) is 24.1 Å². The van der Waals surface area contributed by atoms with Crippen molar-refractivity contribution in [1.29, 1.82) is 0 Å². The van der Waals surface area contributed by atoms with Crippen LogP contribution in [0.4, 0.5) is 5.69 Å². The van der Waals surface area contributed by atoms with Crippen molar-refractivity contribution < 1.29 is 33.5 Å². The van der Waals surface area contributed by atoms with Crippen LogP contribution in [0.1, 0.15) is 33.2 Å². The molecule has 0 spiro atoms. The van der Waals surface area contributed by atoms with Crippen molar-refractivity contribution in [1.82, 2.24) is 5.43 Å². The van der Waals surface area contributed by atoms with Crippen LogP contribution in [0.5, 0.6) is 17.2 Å². The zero-order chi connectivity index (χ0) is 25.4. The lowest BCUT2D eigenvalue weighted by Crippen LogP contribution is -2.17. The number of amides is 1. The Morgan fingerprint density at radius 2 is 1.69 bits per heavy atom. The number of esters is 2. The number of hydrazone groups is 1. The molecule has 3 aromatic rings. The molecular formula is C24H19N3O8. The molecule has 1 amide bonds. The number of carbonyl (C=O) groups is 3. The lowest BCUT2D eigenvalue weighted by atomic mass is 10.1. The number of nitrogens with one attached hydrogen (secondary N) is 1. The molecule has 3 aromatic carbocycles. The minimum absolute atomic E-state index is 0.0174. The van der Waals surface area contributed by atoms with E-state index in [0.29, 0.717) is 5.56 Å². The molecule has 0 bridgehead atoms. The summed E-state index contributed by atoms with van der Waals surface area (Å²) in [5, 5.41) is 15.4. The Labute approximate surface area is 199 Å². The molecule has 1 N–H and O–H groups in total. The molecule has 0 heterocycles. The minimum Gasteiger partial charge on any atom is -0.493 e. The van der Waals surface area contributed by atoms with E-state index >= 15 is 0 Å². The number of ether oxygens (including phenoxy) is 3. The predicted octanol–water partition coefficient (Wildman–Crippen LogP) is 3.51. The van der Waals surface area contributed by atoms with Gasteiger partial charge in [-0.1, -0.05) is 24.3 Å². The third-order valence-corrected chi connectivity index (χ3v) is 4.47. The van der Waals surface area contributed by atoms with Gasteiger partial charge < -0.3 is 14.2 Å². The molecule has 0 aliphatic rings. The molecule has 0 aromatic heterocycles. The highest BCUT2D eigenvalue weighted by Crippen LogP contribution is 2.32. The van der Waals surface area contributed by atoms with E-state index in [1.54, 1.807) is 30.3 Å². The van der Waals surface area contributed by atoms with Crippen LogP contribution in [-0.2, 0) is 4.79 Å². The zero-order valence-electron chi connectivity index (χ0n) is 18.6. The van der Waals surface area contributed by atoms with Crippen molar-refractivity contribution in [3.63, 3.8) is 0 Å². The maximum absolute atomic E-state index is 12.8. The fourth-order valence-electron chi connectivity index (χ4n) is 2.90. The summed E-state index contributed by atoms with van der Waals surface area (Å²) in [6, 6.07) is 16.2. The Hall–Kier alpha value is -5.06. The molecule has 178 valence electrons. The zero-order valence-corrected chi connectivity index (χ0v) is 18.6. The molecule has 35 heavy (non-hydrogen) atoms. The van der Waals surface area contributed by atoms with E-state index in [-0.39, 0.29) is 28.4 Å². The average Bonchev–Trinajstić information content (AvgIpc) is 2.85. The molecule has 0 aliphatic carbocycles. The molecule has 11 heteroatoms. The highest BCUT2D eigenvalue weighted by atomic mass is 16.6. The molecule has 0 radical (unpaired) electrons. The van der Waals surface area contributed by atoms with E-state index in [0.717, 1.165) is 12.3 Å². The largest absolute Gasteiger partial charge is 0.493 e. The van der Waals surface area contributed by atoms with Gasteiger partial charge in [-0.15, -0.1) is 0 Å². The van der Waals surface area contributed by atoms with Crippen LogP contribution in [0.2, 0.25) is 0 Å². The molecule has 0 saturated heterocycles. The van der Waals surface area contributed by atoms with Crippen LogP contribution in [0.25, 0.3) is 0 Å². The van der Waals surface area contributed by atoms with E-state index in [9.17, 15) is 24.5 Å².